The van der Waals surface area contributed by atoms with Gasteiger partial charge in [0.15, 0.2) is 5.69 Å². The van der Waals surface area contributed by atoms with E-state index in [1.807, 2.05) is 66.7 Å². The maximum Gasteiger partial charge on any atom is 0.187 e. The van der Waals surface area contributed by atoms with Crippen LogP contribution in [0.4, 0.5) is 11.4 Å². The first-order valence-electron chi connectivity index (χ1n) is 11.6. The van der Waals surface area contributed by atoms with E-state index in [0.717, 1.165) is 33.4 Å². The van der Waals surface area contributed by atoms with Crippen molar-refractivity contribution in [2.45, 2.75) is 6.61 Å². The second kappa shape index (κ2) is 10.4. The molecule has 5 aromatic carbocycles. The molecule has 0 aromatic heterocycles. The lowest BCUT2D eigenvalue weighted by molar-refractivity contribution is 0.308. The molecule has 0 unspecified atom stereocenters. The van der Waals surface area contributed by atoms with Crippen LogP contribution in [0.15, 0.2) is 115 Å². The molecule has 0 aliphatic heterocycles. The molecule has 0 saturated heterocycles. The first-order valence-corrected chi connectivity index (χ1v) is 11.9. The number of benzene rings is 5. The van der Waals surface area contributed by atoms with Crippen LogP contribution < -0.4 is 10.5 Å². The predicted molar refractivity (Wildman–Crippen MR) is 149 cm³/mol. The van der Waals surface area contributed by atoms with Gasteiger partial charge < -0.3 is 10.5 Å². The van der Waals surface area contributed by atoms with E-state index in [1.54, 1.807) is 12.1 Å². The van der Waals surface area contributed by atoms with Crippen molar-refractivity contribution in [3.8, 4) is 39.1 Å². The molecule has 0 spiro atoms. The molecule has 5 aromatic rings. The van der Waals surface area contributed by atoms with Crippen molar-refractivity contribution < 1.29 is 4.74 Å². The Morgan fingerprint density at radius 1 is 0.667 bits per heavy atom. The molecule has 0 radical (unpaired) electrons. The van der Waals surface area contributed by atoms with Crippen LogP contribution in [-0.4, -0.2) is 0 Å². The SMILES string of the molecule is [C-]#[N+]c1cccc(-c2ccc(-c3cc(Cl)cc(OCc4ccc(-c5ccccc5)cc4)c3N)cc2)c1. The number of hydrogen-bond acceptors (Lipinski definition) is 2. The summed E-state index contributed by atoms with van der Waals surface area (Å²) in [6.07, 6.45) is 0. The molecular weight excluding hydrogens is 464 g/mol. The van der Waals surface area contributed by atoms with Gasteiger partial charge >= 0.3 is 0 Å². The van der Waals surface area contributed by atoms with Gasteiger partial charge in [0.05, 0.1) is 12.3 Å². The van der Waals surface area contributed by atoms with Gasteiger partial charge in [0.2, 0.25) is 0 Å². The fourth-order valence-electron chi connectivity index (χ4n) is 4.13. The zero-order chi connectivity index (χ0) is 24.9. The highest BCUT2D eigenvalue weighted by atomic mass is 35.5. The zero-order valence-corrected chi connectivity index (χ0v) is 20.2. The standard InChI is InChI=1S/C32H23ClN2O/c1-35-29-9-5-8-27(18-29)25-14-16-26(17-15-25)30-19-28(33)20-31(32(30)34)36-21-22-10-12-24(13-11-22)23-6-3-2-4-7-23/h2-20H,21,34H2. The van der Waals surface area contributed by atoms with Crippen molar-refractivity contribution >= 4 is 23.0 Å². The Bertz CT molecular complexity index is 1540. The van der Waals surface area contributed by atoms with Crippen molar-refractivity contribution in [2.24, 2.45) is 0 Å². The molecule has 174 valence electrons. The van der Waals surface area contributed by atoms with E-state index >= 15 is 0 Å². The second-order valence-corrected chi connectivity index (χ2v) is 8.89. The fraction of sp³-hybridized carbons (Fsp3) is 0.0312. The van der Waals surface area contributed by atoms with E-state index < -0.39 is 0 Å². The Morgan fingerprint density at radius 2 is 1.28 bits per heavy atom. The molecule has 0 saturated carbocycles. The van der Waals surface area contributed by atoms with Crippen molar-refractivity contribution in [3.05, 3.63) is 137 Å². The summed E-state index contributed by atoms with van der Waals surface area (Å²) in [6.45, 7) is 7.62. The van der Waals surface area contributed by atoms with E-state index in [0.29, 0.717) is 28.8 Å². The molecule has 0 aliphatic rings. The molecule has 3 nitrogen and oxygen atoms in total. The van der Waals surface area contributed by atoms with Crippen LogP contribution in [0.3, 0.4) is 0 Å². The van der Waals surface area contributed by atoms with Crippen LogP contribution in [0.1, 0.15) is 5.56 Å². The zero-order valence-electron chi connectivity index (χ0n) is 19.5. The van der Waals surface area contributed by atoms with Crippen molar-refractivity contribution in [2.75, 3.05) is 5.73 Å². The van der Waals surface area contributed by atoms with Crippen LogP contribution in [0.2, 0.25) is 5.02 Å². The predicted octanol–water partition coefficient (Wildman–Crippen LogP) is 9.05. The van der Waals surface area contributed by atoms with Crippen molar-refractivity contribution in [1.29, 1.82) is 0 Å². The second-order valence-electron chi connectivity index (χ2n) is 8.46. The van der Waals surface area contributed by atoms with Gasteiger partial charge in [-0.2, -0.15) is 0 Å². The maximum absolute atomic E-state index is 7.23. The Kier molecular flexibility index (Phi) is 6.71. The summed E-state index contributed by atoms with van der Waals surface area (Å²) in [5.74, 6) is 0.554. The smallest absolute Gasteiger partial charge is 0.187 e. The number of hydrogen-bond donors (Lipinski definition) is 1. The molecule has 5 rings (SSSR count). The number of nitrogen functional groups attached to an aromatic ring is 1. The summed E-state index contributed by atoms with van der Waals surface area (Å²) in [5, 5.41) is 0.558. The van der Waals surface area contributed by atoms with Gasteiger partial charge in [-0.05, 0) is 45.5 Å². The molecular formula is C32H23ClN2O. The molecule has 0 aliphatic carbocycles. The summed E-state index contributed by atoms with van der Waals surface area (Å²) in [6, 6.07) is 37.8. The number of ether oxygens (including phenoxy) is 1. The van der Waals surface area contributed by atoms with Crippen LogP contribution in [-0.2, 0) is 6.61 Å². The Hall–Kier alpha value is -4.52. The highest BCUT2D eigenvalue weighted by Crippen LogP contribution is 2.38. The minimum Gasteiger partial charge on any atom is -0.487 e. The molecule has 0 heterocycles. The van der Waals surface area contributed by atoms with Gasteiger partial charge in [-0.15, -0.1) is 0 Å². The topological polar surface area (TPSA) is 39.6 Å². The summed E-state index contributed by atoms with van der Waals surface area (Å²) >= 11 is 6.44. The van der Waals surface area contributed by atoms with Gasteiger partial charge in [0.25, 0.3) is 0 Å². The van der Waals surface area contributed by atoms with Crippen molar-refractivity contribution in [1.82, 2.24) is 0 Å². The number of rotatable bonds is 6. The molecule has 0 bridgehead atoms. The minimum atomic E-state index is 0.384. The van der Waals surface area contributed by atoms with Gasteiger partial charge in [0.1, 0.15) is 12.4 Å². The third-order valence-corrected chi connectivity index (χ3v) is 6.28. The first kappa shape index (κ1) is 23.2. The lowest BCUT2D eigenvalue weighted by atomic mass is 9.99. The summed E-state index contributed by atoms with van der Waals surface area (Å²) in [7, 11) is 0. The number of nitrogens with two attached hydrogens (primary N) is 1. The Morgan fingerprint density at radius 3 is 2.00 bits per heavy atom. The van der Waals surface area contributed by atoms with E-state index in [2.05, 4.69) is 41.2 Å². The van der Waals surface area contributed by atoms with Gasteiger partial charge in [0, 0.05) is 16.7 Å². The number of anilines is 1. The van der Waals surface area contributed by atoms with Gasteiger partial charge in [-0.1, -0.05) is 109 Å². The largest absolute Gasteiger partial charge is 0.487 e. The number of halogens is 1. The summed E-state index contributed by atoms with van der Waals surface area (Å²) < 4.78 is 6.09. The monoisotopic (exact) mass is 486 g/mol. The van der Waals surface area contributed by atoms with E-state index in [4.69, 9.17) is 28.6 Å². The van der Waals surface area contributed by atoms with Gasteiger partial charge in [-0.3, -0.25) is 0 Å². The number of nitrogens with zero attached hydrogens (tertiary/aromatic N) is 1. The van der Waals surface area contributed by atoms with E-state index in [-0.39, 0.29) is 0 Å². The van der Waals surface area contributed by atoms with Gasteiger partial charge in [-0.25, -0.2) is 4.85 Å². The van der Waals surface area contributed by atoms with E-state index in [9.17, 15) is 0 Å². The van der Waals surface area contributed by atoms with Crippen LogP contribution in [0, 0.1) is 6.57 Å². The average Bonchev–Trinajstić information content (AvgIpc) is 2.94. The highest BCUT2D eigenvalue weighted by molar-refractivity contribution is 6.31. The van der Waals surface area contributed by atoms with Crippen LogP contribution in [0.25, 0.3) is 38.2 Å². The third-order valence-electron chi connectivity index (χ3n) is 6.07. The van der Waals surface area contributed by atoms with Crippen LogP contribution in [0.5, 0.6) is 5.75 Å². The lowest BCUT2D eigenvalue weighted by Gasteiger charge is -2.14. The first-order chi connectivity index (χ1) is 17.6. The summed E-state index contributed by atoms with van der Waals surface area (Å²) in [5.41, 5.74) is 14.8. The molecule has 36 heavy (non-hydrogen) atoms. The summed E-state index contributed by atoms with van der Waals surface area (Å²) in [4.78, 5) is 3.52. The molecule has 2 N–H and O–H groups in total. The Labute approximate surface area is 216 Å². The highest BCUT2D eigenvalue weighted by Gasteiger charge is 2.12. The Balaban J connectivity index is 1.34. The fourth-order valence-corrected chi connectivity index (χ4v) is 4.34. The molecule has 0 atom stereocenters. The van der Waals surface area contributed by atoms with E-state index in [1.165, 1.54) is 5.56 Å². The minimum absolute atomic E-state index is 0.384. The van der Waals surface area contributed by atoms with Crippen molar-refractivity contribution in [3.63, 3.8) is 0 Å². The third kappa shape index (κ3) is 5.10. The lowest BCUT2D eigenvalue weighted by Crippen LogP contribution is -2.00. The molecule has 0 amide bonds. The normalized spacial score (nSPS) is 10.6. The molecule has 0 fully saturated rings. The maximum atomic E-state index is 7.23. The molecule has 4 heteroatoms. The average molecular weight is 487 g/mol. The van der Waals surface area contributed by atoms with Crippen LogP contribution >= 0.6 is 11.6 Å². The quantitative estimate of drug-likeness (QED) is 0.192.